The molecule has 1 fully saturated rings. The molecule has 3 rings (SSSR count). The third-order valence-electron chi connectivity index (χ3n) is 5.12. The Labute approximate surface area is 111 Å². The Bertz CT molecular complexity index is 437. The zero-order valence-electron chi connectivity index (χ0n) is 11.5. The van der Waals surface area contributed by atoms with Crippen LogP contribution in [-0.2, 0) is 19.3 Å². The second-order valence-electron chi connectivity index (χ2n) is 6.69. The van der Waals surface area contributed by atoms with Crippen LogP contribution in [0.5, 0.6) is 0 Å². The average Bonchev–Trinajstić information content (AvgIpc) is 2.96. The number of rotatable bonds is 3. The monoisotopic (exact) mass is 243 g/mol. The van der Waals surface area contributed by atoms with E-state index < -0.39 is 0 Å². The Morgan fingerprint density at radius 2 is 2.11 bits per heavy atom. The minimum absolute atomic E-state index is 0.395. The van der Waals surface area contributed by atoms with Crippen LogP contribution in [0.2, 0.25) is 0 Å². The lowest BCUT2D eigenvalue weighted by Crippen LogP contribution is -2.30. The molecule has 2 aliphatic carbocycles. The van der Waals surface area contributed by atoms with Gasteiger partial charge in [-0.25, -0.2) is 0 Å². The van der Waals surface area contributed by atoms with Gasteiger partial charge < -0.3 is 5.73 Å². The molecule has 98 valence electrons. The van der Waals surface area contributed by atoms with Crippen LogP contribution in [-0.4, -0.2) is 6.54 Å². The number of fused-ring (bicyclic) bond motifs is 1. The smallest absolute Gasteiger partial charge is 0.00172 e. The van der Waals surface area contributed by atoms with E-state index in [2.05, 4.69) is 25.1 Å². The summed E-state index contributed by atoms with van der Waals surface area (Å²) in [5.74, 6) is 0.864. The summed E-state index contributed by atoms with van der Waals surface area (Å²) in [7, 11) is 0. The maximum Gasteiger partial charge on any atom is -0.00172 e. The summed E-state index contributed by atoms with van der Waals surface area (Å²) in [6, 6.07) is 7.17. The summed E-state index contributed by atoms with van der Waals surface area (Å²) in [6.45, 7) is 3.23. The number of hydrogen-bond acceptors (Lipinski definition) is 1. The first kappa shape index (κ1) is 12.2. The van der Waals surface area contributed by atoms with Crippen molar-refractivity contribution in [3.63, 3.8) is 0 Å². The Morgan fingerprint density at radius 3 is 2.83 bits per heavy atom. The molecule has 0 heterocycles. The van der Waals surface area contributed by atoms with Crippen molar-refractivity contribution in [2.24, 2.45) is 17.1 Å². The van der Waals surface area contributed by atoms with Gasteiger partial charge in [0.15, 0.2) is 0 Å². The van der Waals surface area contributed by atoms with E-state index in [0.29, 0.717) is 5.41 Å². The van der Waals surface area contributed by atoms with Crippen molar-refractivity contribution >= 4 is 0 Å². The van der Waals surface area contributed by atoms with Crippen LogP contribution < -0.4 is 5.73 Å². The van der Waals surface area contributed by atoms with Gasteiger partial charge in [0.25, 0.3) is 0 Å². The minimum Gasteiger partial charge on any atom is -0.330 e. The third-order valence-corrected chi connectivity index (χ3v) is 5.12. The van der Waals surface area contributed by atoms with Crippen molar-refractivity contribution in [1.29, 1.82) is 0 Å². The fourth-order valence-corrected chi connectivity index (χ4v) is 4.08. The Balaban J connectivity index is 1.79. The van der Waals surface area contributed by atoms with Crippen molar-refractivity contribution < 1.29 is 0 Å². The van der Waals surface area contributed by atoms with E-state index in [4.69, 9.17) is 5.73 Å². The molecule has 1 nitrogen and oxygen atoms in total. The molecule has 1 aromatic rings. The third kappa shape index (κ3) is 2.21. The molecular weight excluding hydrogens is 218 g/mol. The van der Waals surface area contributed by atoms with Gasteiger partial charge in [0.2, 0.25) is 0 Å². The van der Waals surface area contributed by atoms with Gasteiger partial charge in [-0.2, -0.15) is 0 Å². The SMILES string of the molecule is CC1CCC(CN)(Cc2ccc3c(c2)CCC3)C1. The molecule has 1 aromatic carbocycles. The van der Waals surface area contributed by atoms with E-state index in [1.807, 2.05) is 0 Å². The number of aryl methyl sites for hydroxylation is 2. The molecule has 0 spiro atoms. The average molecular weight is 243 g/mol. The first-order valence-corrected chi connectivity index (χ1v) is 7.52. The van der Waals surface area contributed by atoms with Crippen LogP contribution in [0.15, 0.2) is 18.2 Å². The topological polar surface area (TPSA) is 26.0 Å². The lowest BCUT2D eigenvalue weighted by Gasteiger charge is -2.28. The summed E-state index contributed by atoms with van der Waals surface area (Å²) in [5, 5.41) is 0. The molecule has 0 radical (unpaired) electrons. The van der Waals surface area contributed by atoms with E-state index in [1.165, 1.54) is 50.5 Å². The second kappa shape index (κ2) is 4.70. The van der Waals surface area contributed by atoms with Crippen molar-refractivity contribution in [3.05, 3.63) is 34.9 Å². The maximum atomic E-state index is 6.09. The van der Waals surface area contributed by atoms with Gasteiger partial charge in [-0.1, -0.05) is 31.5 Å². The zero-order valence-corrected chi connectivity index (χ0v) is 11.5. The predicted molar refractivity (Wildman–Crippen MR) is 76.7 cm³/mol. The summed E-state index contributed by atoms with van der Waals surface area (Å²) in [4.78, 5) is 0. The summed E-state index contributed by atoms with van der Waals surface area (Å²) < 4.78 is 0. The number of benzene rings is 1. The fraction of sp³-hybridized carbons (Fsp3) is 0.647. The van der Waals surface area contributed by atoms with E-state index in [0.717, 1.165) is 12.5 Å². The standard InChI is InChI=1S/C17H25N/c1-13-7-8-17(10-13,12-18)11-14-5-6-15-3-2-4-16(15)9-14/h5-6,9,13H,2-4,7-8,10-12,18H2,1H3. The Morgan fingerprint density at radius 1 is 1.28 bits per heavy atom. The van der Waals surface area contributed by atoms with Gasteiger partial charge in [0.1, 0.15) is 0 Å². The highest BCUT2D eigenvalue weighted by atomic mass is 14.6. The molecule has 2 atom stereocenters. The highest BCUT2D eigenvalue weighted by Gasteiger charge is 2.36. The van der Waals surface area contributed by atoms with Crippen molar-refractivity contribution in [2.75, 3.05) is 6.54 Å². The Kier molecular flexibility index (Phi) is 3.19. The number of hydrogen-bond donors (Lipinski definition) is 1. The van der Waals surface area contributed by atoms with Crippen LogP contribution >= 0.6 is 0 Å². The van der Waals surface area contributed by atoms with Gasteiger partial charge >= 0.3 is 0 Å². The molecule has 0 bridgehead atoms. The molecule has 2 N–H and O–H groups in total. The van der Waals surface area contributed by atoms with Crippen molar-refractivity contribution in [2.45, 2.75) is 51.9 Å². The summed E-state index contributed by atoms with van der Waals surface area (Å²) in [5.41, 5.74) is 11.2. The molecule has 0 aliphatic heterocycles. The van der Waals surface area contributed by atoms with Crippen LogP contribution in [0.25, 0.3) is 0 Å². The predicted octanol–water partition coefficient (Wildman–Crippen LogP) is 3.48. The normalized spacial score (nSPS) is 30.7. The minimum atomic E-state index is 0.395. The molecule has 0 aromatic heterocycles. The maximum absolute atomic E-state index is 6.09. The zero-order chi connectivity index (χ0) is 12.6. The van der Waals surface area contributed by atoms with Crippen LogP contribution in [0.3, 0.4) is 0 Å². The molecule has 0 saturated heterocycles. The van der Waals surface area contributed by atoms with Gasteiger partial charge in [-0.15, -0.1) is 0 Å². The molecule has 1 heteroatoms. The molecule has 18 heavy (non-hydrogen) atoms. The van der Waals surface area contributed by atoms with E-state index in [1.54, 1.807) is 11.1 Å². The first-order chi connectivity index (χ1) is 8.71. The molecular formula is C17H25N. The van der Waals surface area contributed by atoms with Crippen molar-refractivity contribution in [1.82, 2.24) is 0 Å². The number of nitrogens with two attached hydrogens (primary N) is 1. The molecule has 2 aliphatic rings. The molecule has 2 unspecified atom stereocenters. The largest absolute Gasteiger partial charge is 0.330 e. The fourth-order valence-electron chi connectivity index (χ4n) is 4.08. The van der Waals surface area contributed by atoms with Crippen LogP contribution in [0, 0.1) is 11.3 Å². The lowest BCUT2D eigenvalue weighted by atomic mass is 9.79. The lowest BCUT2D eigenvalue weighted by molar-refractivity contribution is 0.295. The van der Waals surface area contributed by atoms with Gasteiger partial charge in [0, 0.05) is 0 Å². The van der Waals surface area contributed by atoms with Gasteiger partial charge in [0.05, 0.1) is 0 Å². The van der Waals surface area contributed by atoms with E-state index in [9.17, 15) is 0 Å². The van der Waals surface area contributed by atoms with Crippen molar-refractivity contribution in [3.8, 4) is 0 Å². The van der Waals surface area contributed by atoms with Crippen LogP contribution in [0.1, 0.15) is 49.3 Å². The highest BCUT2D eigenvalue weighted by Crippen LogP contribution is 2.43. The quantitative estimate of drug-likeness (QED) is 0.864. The summed E-state index contributed by atoms with van der Waals surface area (Å²) >= 11 is 0. The van der Waals surface area contributed by atoms with E-state index >= 15 is 0 Å². The van der Waals surface area contributed by atoms with Gasteiger partial charge in [-0.05, 0) is 73.1 Å². The molecule has 0 amide bonds. The first-order valence-electron chi connectivity index (χ1n) is 7.52. The van der Waals surface area contributed by atoms with E-state index in [-0.39, 0.29) is 0 Å². The second-order valence-corrected chi connectivity index (χ2v) is 6.69. The molecule has 1 saturated carbocycles. The van der Waals surface area contributed by atoms with Gasteiger partial charge in [-0.3, -0.25) is 0 Å². The Hall–Kier alpha value is -0.820. The van der Waals surface area contributed by atoms with Crippen LogP contribution in [0.4, 0.5) is 0 Å². The highest BCUT2D eigenvalue weighted by molar-refractivity contribution is 5.35. The summed E-state index contributed by atoms with van der Waals surface area (Å²) in [6.07, 6.45) is 9.12.